The molecule has 5 nitrogen and oxygen atoms in total. The van der Waals surface area contributed by atoms with Gasteiger partial charge in [0.05, 0.1) is 6.54 Å². The van der Waals surface area contributed by atoms with Gasteiger partial charge in [-0.15, -0.1) is 0 Å². The lowest BCUT2D eigenvalue weighted by molar-refractivity contribution is 0.465. The minimum Gasteiger partial charge on any atom is -0.464 e. The second kappa shape index (κ2) is 6.18. The summed E-state index contributed by atoms with van der Waals surface area (Å²) in [7, 11) is -1.65. The van der Waals surface area contributed by atoms with Crippen LogP contribution in [0.2, 0.25) is 0 Å². The van der Waals surface area contributed by atoms with Gasteiger partial charge in [-0.1, -0.05) is 13.3 Å². The summed E-state index contributed by atoms with van der Waals surface area (Å²) in [6.45, 7) is 4.66. The van der Waals surface area contributed by atoms with Crippen LogP contribution in [0.25, 0.3) is 0 Å². The van der Waals surface area contributed by atoms with Crippen molar-refractivity contribution in [2.75, 3.05) is 13.6 Å². The Morgan fingerprint density at radius 3 is 2.71 bits per heavy atom. The Balaban J connectivity index is 2.83. The number of unbranched alkanes of at least 4 members (excludes halogenated alkanes) is 1. The quantitative estimate of drug-likeness (QED) is 0.727. The van der Waals surface area contributed by atoms with Crippen LogP contribution in [0.4, 0.5) is 0 Å². The fraction of sp³-hybridized carbons (Fsp3) is 0.636. The predicted molar refractivity (Wildman–Crippen MR) is 66.3 cm³/mol. The van der Waals surface area contributed by atoms with E-state index in [1.165, 1.54) is 0 Å². The highest BCUT2D eigenvalue weighted by Gasteiger charge is 2.20. The summed E-state index contributed by atoms with van der Waals surface area (Å²) in [5.74, 6) is 1.06. The SMILES string of the molecule is CCCCNS(=O)(=O)c1cc(CNC)oc1C. The summed E-state index contributed by atoms with van der Waals surface area (Å²) in [6, 6.07) is 1.57. The van der Waals surface area contributed by atoms with Gasteiger partial charge in [-0.05, 0) is 20.4 Å². The normalized spacial score (nSPS) is 11.9. The topological polar surface area (TPSA) is 71.3 Å². The molecule has 0 aromatic carbocycles. The standard InChI is InChI=1S/C11H20N2O3S/c1-4-5-6-13-17(14,15)11-7-10(8-12-3)16-9(11)2/h7,12-13H,4-6,8H2,1-3H3. The van der Waals surface area contributed by atoms with E-state index >= 15 is 0 Å². The zero-order chi connectivity index (χ0) is 12.9. The Morgan fingerprint density at radius 2 is 2.12 bits per heavy atom. The highest BCUT2D eigenvalue weighted by Crippen LogP contribution is 2.19. The summed E-state index contributed by atoms with van der Waals surface area (Å²) in [6.07, 6.45) is 1.79. The molecule has 0 saturated carbocycles. The van der Waals surface area contributed by atoms with E-state index < -0.39 is 10.0 Å². The van der Waals surface area contributed by atoms with Crippen LogP contribution >= 0.6 is 0 Å². The molecule has 98 valence electrons. The van der Waals surface area contributed by atoms with Gasteiger partial charge in [-0.25, -0.2) is 13.1 Å². The number of hydrogen-bond acceptors (Lipinski definition) is 4. The Hall–Kier alpha value is -0.850. The first-order chi connectivity index (χ1) is 8.01. The van der Waals surface area contributed by atoms with Crippen molar-refractivity contribution in [2.45, 2.75) is 38.1 Å². The molecule has 0 amide bonds. The van der Waals surface area contributed by atoms with Crippen molar-refractivity contribution in [3.63, 3.8) is 0 Å². The van der Waals surface area contributed by atoms with Crippen LogP contribution in [0.5, 0.6) is 0 Å². The second-order valence-electron chi connectivity index (χ2n) is 3.91. The molecular weight excluding hydrogens is 240 g/mol. The molecule has 2 N–H and O–H groups in total. The molecule has 0 aliphatic carbocycles. The molecule has 0 saturated heterocycles. The number of nitrogens with one attached hydrogen (secondary N) is 2. The highest BCUT2D eigenvalue weighted by atomic mass is 32.2. The lowest BCUT2D eigenvalue weighted by atomic mass is 10.3. The lowest BCUT2D eigenvalue weighted by Gasteiger charge is -2.03. The Bertz CT molecular complexity index is 451. The third kappa shape index (κ3) is 3.83. The molecule has 1 rings (SSSR count). The largest absolute Gasteiger partial charge is 0.464 e. The molecule has 1 heterocycles. The van der Waals surface area contributed by atoms with E-state index in [2.05, 4.69) is 10.0 Å². The average Bonchev–Trinajstić information content (AvgIpc) is 2.61. The van der Waals surface area contributed by atoms with Gasteiger partial charge in [0.2, 0.25) is 10.0 Å². The van der Waals surface area contributed by atoms with Crippen LogP contribution in [0.15, 0.2) is 15.4 Å². The minimum atomic E-state index is -3.43. The van der Waals surface area contributed by atoms with Crippen molar-refractivity contribution in [1.29, 1.82) is 0 Å². The second-order valence-corrected chi connectivity index (χ2v) is 5.65. The van der Waals surface area contributed by atoms with E-state index in [0.29, 0.717) is 24.6 Å². The monoisotopic (exact) mass is 260 g/mol. The fourth-order valence-corrected chi connectivity index (χ4v) is 2.79. The van der Waals surface area contributed by atoms with Crippen molar-refractivity contribution in [2.24, 2.45) is 0 Å². The molecule has 0 aliphatic heterocycles. The van der Waals surface area contributed by atoms with Crippen LogP contribution < -0.4 is 10.0 Å². The van der Waals surface area contributed by atoms with E-state index in [9.17, 15) is 8.42 Å². The van der Waals surface area contributed by atoms with Gasteiger partial charge in [0.15, 0.2) is 0 Å². The maximum Gasteiger partial charge on any atom is 0.244 e. The van der Waals surface area contributed by atoms with Gasteiger partial charge in [0.25, 0.3) is 0 Å². The number of furan rings is 1. The summed E-state index contributed by atoms with van der Waals surface area (Å²) in [5.41, 5.74) is 0. The van der Waals surface area contributed by atoms with Crippen molar-refractivity contribution < 1.29 is 12.8 Å². The van der Waals surface area contributed by atoms with Crippen molar-refractivity contribution in [3.8, 4) is 0 Å². The zero-order valence-electron chi connectivity index (χ0n) is 10.5. The first-order valence-corrected chi connectivity index (χ1v) is 7.23. The number of sulfonamides is 1. The summed E-state index contributed by atoms with van der Waals surface area (Å²) >= 11 is 0. The molecule has 0 radical (unpaired) electrons. The first kappa shape index (κ1) is 14.2. The predicted octanol–water partition coefficient (Wildman–Crippen LogP) is 1.39. The van der Waals surface area contributed by atoms with Crippen LogP contribution in [0.3, 0.4) is 0 Å². The van der Waals surface area contributed by atoms with E-state index in [4.69, 9.17) is 4.42 Å². The van der Waals surface area contributed by atoms with Crippen LogP contribution in [0.1, 0.15) is 31.3 Å². The average molecular weight is 260 g/mol. The zero-order valence-corrected chi connectivity index (χ0v) is 11.4. The smallest absolute Gasteiger partial charge is 0.244 e. The van der Waals surface area contributed by atoms with Gasteiger partial charge < -0.3 is 9.73 Å². The molecule has 0 aliphatic rings. The molecule has 0 unspecified atom stereocenters. The minimum absolute atomic E-state index is 0.235. The Morgan fingerprint density at radius 1 is 1.41 bits per heavy atom. The molecular formula is C11H20N2O3S. The van der Waals surface area contributed by atoms with Gasteiger partial charge in [-0.2, -0.15) is 0 Å². The van der Waals surface area contributed by atoms with E-state index in [0.717, 1.165) is 12.8 Å². The molecule has 0 spiro atoms. The van der Waals surface area contributed by atoms with Crippen molar-refractivity contribution in [1.82, 2.24) is 10.0 Å². The molecule has 0 fully saturated rings. The fourth-order valence-electron chi connectivity index (χ4n) is 1.51. The van der Waals surface area contributed by atoms with Gasteiger partial charge in [0.1, 0.15) is 16.4 Å². The van der Waals surface area contributed by atoms with Gasteiger partial charge >= 0.3 is 0 Å². The van der Waals surface area contributed by atoms with E-state index in [1.807, 2.05) is 6.92 Å². The molecule has 1 aromatic rings. The third-order valence-corrected chi connectivity index (χ3v) is 3.95. The summed E-state index contributed by atoms with van der Waals surface area (Å²) in [4.78, 5) is 0.235. The van der Waals surface area contributed by atoms with E-state index in [-0.39, 0.29) is 4.90 Å². The molecule has 0 bridgehead atoms. The third-order valence-electron chi connectivity index (χ3n) is 2.39. The first-order valence-electron chi connectivity index (χ1n) is 5.74. The van der Waals surface area contributed by atoms with Crippen LogP contribution in [0, 0.1) is 6.92 Å². The van der Waals surface area contributed by atoms with E-state index in [1.54, 1.807) is 20.0 Å². The number of aryl methyl sites for hydroxylation is 1. The van der Waals surface area contributed by atoms with Crippen molar-refractivity contribution in [3.05, 3.63) is 17.6 Å². The molecule has 6 heteroatoms. The Labute approximate surface area is 103 Å². The maximum atomic E-state index is 12.0. The summed E-state index contributed by atoms with van der Waals surface area (Å²) < 4.78 is 31.8. The number of hydrogen-bond donors (Lipinski definition) is 2. The molecule has 17 heavy (non-hydrogen) atoms. The van der Waals surface area contributed by atoms with Crippen molar-refractivity contribution >= 4 is 10.0 Å². The van der Waals surface area contributed by atoms with Crippen LogP contribution in [-0.2, 0) is 16.6 Å². The lowest BCUT2D eigenvalue weighted by Crippen LogP contribution is -2.24. The maximum absolute atomic E-state index is 12.0. The molecule has 1 aromatic heterocycles. The van der Waals surface area contributed by atoms with Gasteiger partial charge in [-0.3, -0.25) is 0 Å². The summed E-state index contributed by atoms with van der Waals surface area (Å²) in [5, 5.41) is 2.92. The van der Waals surface area contributed by atoms with Crippen LogP contribution in [-0.4, -0.2) is 22.0 Å². The molecule has 0 atom stereocenters. The van der Waals surface area contributed by atoms with Gasteiger partial charge in [0, 0.05) is 12.6 Å². The number of rotatable bonds is 7. The Kier molecular flexibility index (Phi) is 5.17. The highest BCUT2D eigenvalue weighted by molar-refractivity contribution is 7.89.